The van der Waals surface area contributed by atoms with Crippen molar-refractivity contribution < 1.29 is 29.2 Å². The molecule has 4 atom stereocenters. The molecule has 1 aromatic rings. The van der Waals surface area contributed by atoms with Gasteiger partial charge in [-0.2, -0.15) is 5.06 Å². The summed E-state index contributed by atoms with van der Waals surface area (Å²) in [6.07, 6.45) is 12.2. The lowest BCUT2D eigenvalue weighted by molar-refractivity contribution is -0.140. The molecule has 6 saturated heterocycles. The van der Waals surface area contributed by atoms with E-state index < -0.39 is 12.1 Å². The van der Waals surface area contributed by atoms with Crippen LogP contribution in [-0.4, -0.2) is 147 Å². The van der Waals surface area contributed by atoms with Crippen LogP contribution in [0.3, 0.4) is 0 Å². The van der Waals surface area contributed by atoms with Gasteiger partial charge in [0.05, 0.1) is 12.1 Å². The summed E-state index contributed by atoms with van der Waals surface area (Å²) in [5, 5.41) is 18.4. The average Bonchev–Trinajstić information content (AvgIpc) is 3.49. The number of amides is 6. The van der Waals surface area contributed by atoms with Crippen LogP contribution in [0, 0.1) is 10.8 Å². The number of likely N-dealkylation sites (tertiary alicyclic amines) is 2. The monoisotopic (exact) mass is 762 g/mol. The van der Waals surface area contributed by atoms with Gasteiger partial charge in [-0.25, -0.2) is 14.7 Å². The van der Waals surface area contributed by atoms with Crippen LogP contribution in [-0.2, 0) is 21.0 Å². The highest BCUT2D eigenvalue weighted by atomic mass is 16.7. The number of nitrogens with one attached hydrogen (secondary N) is 2. The third kappa shape index (κ3) is 7.80. The predicted molar refractivity (Wildman–Crippen MR) is 204 cm³/mol. The van der Waals surface area contributed by atoms with Crippen molar-refractivity contribution in [2.75, 3.05) is 52.4 Å². The number of hydrogen-bond acceptors (Lipinski definition) is 8. The van der Waals surface area contributed by atoms with Gasteiger partial charge in [0.25, 0.3) is 0 Å². The molecule has 2 spiro atoms. The molecular formula is C41H62N8O6. The second-order valence-corrected chi connectivity index (χ2v) is 18.1. The molecule has 4 bridgehead atoms. The lowest BCUT2D eigenvalue weighted by Crippen LogP contribution is -2.67. The van der Waals surface area contributed by atoms with E-state index in [2.05, 4.69) is 34.3 Å². The molecule has 8 aliphatic rings. The fourth-order valence-corrected chi connectivity index (χ4v) is 10.9. The highest BCUT2D eigenvalue weighted by molar-refractivity contribution is 5.89. The first-order valence-electron chi connectivity index (χ1n) is 21.2. The van der Waals surface area contributed by atoms with E-state index in [0.29, 0.717) is 49.8 Å². The lowest BCUT2D eigenvalue weighted by atomic mass is 9.60. The number of fused-ring (bicyclic) bond motifs is 4. The lowest BCUT2D eigenvalue weighted by Gasteiger charge is -2.59. The van der Waals surface area contributed by atoms with Crippen molar-refractivity contribution in [3.05, 3.63) is 35.9 Å². The van der Waals surface area contributed by atoms with E-state index in [4.69, 9.17) is 4.84 Å². The summed E-state index contributed by atoms with van der Waals surface area (Å²) < 4.78 is 0. The second-order valence-electron chi connectivity index (χ2n) is 18.1. The summed E-state index contributed by atoms with van der Waals surface area (Å²) >= 11 is 0. The summed E-state index contributed by atoms with van der Waals surface area (Å²) in [5.74, 6) is -0.0298. The van der Waals surface area contributed by atoms with Crippen LogP contribution in [0.15, 0.2) is 30.3 Å². The topological polar surface area (TPSA) is 141 Å². The minimum absolute atomic E-state index is 0.0127. The molecule has 2 saturated carbocycles. The van der Waals surface area contributed by atoms with E-state index in [1.165, 1.54) is 74.9 Å². The first-order valence-corrected chi connectivity index (χ1v) is 21.2. The second kappa shape index (κ2) is 15.8. The van der Waals surface area contributed by atoms with Crippen LogP contribution >= 0.6 is 0 Å². The zero-order valence-electron chi connectivity index (χ0n) is 32.9. The van der Waals surface area contributed by atoms with Gasteiger partial charge in [0, 0.05) is 51.4 Å². The Labute approximate surface area is 325 Å². The Morgan fingerprint density at radius 2 is 1.22 bits per heavy atom. The van der Waals surface area contributed by atoms with Gasteiger partial charge in [0.15, 0.2) is 0 Å². The molecule has 0 aromatic heterocycles. The minimum Gasteiger partial charge on any atom is -0.352 e. The van der Waals surface area contributed by atoms with E-state index in [-0.39, 0.29) is 48.1 Å². The first kappa shape index (κ1) is 38.4. The summed E-state index contributed by atoms with van der Waals surface area (Å²) in [7, 11) is 0. The van der Waals surface area contributed by atoms with Gasteiger partial charge >= 0.3 is 12.1 Å². The highest BCUT2D eigenvalue weighted by Gasteiger charge is 2.55. The van der Waals surface area contributed by atoms with Crippen LogP contribution < -0.4 is 10.6 Å². The van der Waals surface area contributed by atoms with Crippen molar-refractivity contribution in [1.29, 1.82) is 0 Å². The summed E-state index contributed by atoms with van der Waals surface area (Å²) in [5.41, 5.74) is 1.91. The quantitative estimate of drug-likeness (QED) is 0.258. The van der Waals surface area contributed by atoms with Gasteiger partial charge in [-0.05, 0) is 93.7 Å². The van der Waals surface area contributed by atoms with Gasteiger partial charge in [-0.3, -0.25) is 19.6 Å². The van der Waals surface area contributed by atoms with Gasteiger partial charge in [-0.1, -0.05) is 57.0 Å². The Morgan fingerprint density at radius 3 is 1.75 bits per heavy atom. The number of unbranched alkanes of at least 4 members (excludes halogenated alkanes) is 2. The van der Waals surface area contributed by atoms with E-state index >= 15 is 0 Å². The maximum atomic E-state index is 13.0. The van der Waals surface area contributed by atoms with E-state index in [9.17, 15) is 24.4 Å². The van der Waals surface area contributed by atoms with E-state index in [1.807, 2.05) is 30.3 Å². The zero-order chi connectivity index (χ0) is 38.3. The molecule has 3 N–H and O–H groups in total. The van der Waals surface area contributed by atoms with E-state index in [0.717, 1.165) is 42.7 Å². The number of benzene rings is 1. The number of hydrogen-bond donors (Lipinski definition) is 3. The minimum atomic E-state index is -0.423. The number of rotatable bonds is 13. The zero-order valence-corrected chi connectivity index (χ0v) is 32.9. The first-order chi connectivity index (χ1) is 26.6. The molecule has 0 radical (unpaired) electrons. The number of urea groups is 2. The molecule has 6 aliphatic heterocycles. The molecular weight excluding hydrogens is 701 g/mol. The maximum absolute atomic E-state index is 13.0. The Hall–Kier alpha value is -3.46. The normalized spacial score (nSPS) is 29.4. The van der Waals surface area contributed by atoms with Crippen molar-refractivity contribution in [1.82, 2.24) is 40.4 Å². The number of nitrogens with zero attached hydrogens (tertiary/aromatic N) is 6. The smallest absolute Gasteiger partial charge is 0.345 e. The summed E-state index contributed by atoms with van der Waals surface area (Å²) in [6, 6.07) is 8.90. The number of carbonyl (C=O) groups is 4. The van der Waals surface area contributed by atoms with Crippen LogP contribution in [0.1, 0.15) is 96.5 Å². The van der Waals surface area contributed by atoms with Crippen molar-refractivity contribution >= 4 is 23.9 Å². The van der Waals surface area contributed by atoms with Crippen LogP contribution in [0.5, 0.6) is 0 Å². The van der Waals surface area contributed by atoms with Crippen molar-refractivity contribution in [3.8, 4) is 0 Å². The number of carbonyl (C=O) groups excluding carboxylic acids is 4. The van der Waals surface area contributed by atoms with Crippen molar-refractivity contribution in [2.45, 2.75) is 134 Å². The molecule has 0 unspecified atom stereocenters. The highest BCUT2D eigenvalue weighted by Crippen LogP contribution is 2.49. The fourth-order valence-electron chi connectivity index (χ4n) is 10.9. The predicted octanol–water partition coefficient (Wildman–Crippen LogP) is 3.79. The average molecular weight is 763 g/mol. The fraction of sp³-hybridized carbons (Fsp3) is 0.756. The Morgan fingerprint density at radius 1 is 0.727 bits per heavy atom. The molecule has 55 heavy (non-hydrogen) atoms. The molecule has 8 fully saturated rings. The Balaban J connectivity index is 0.000000160. The molecule has 14 heteroatoms. The summed E-state index contributed by atoms with van der Waals surface area (Å²) in [4.78, 5) is 64.5. The molecule has 302 valence electrons. The molecule has 6 amide bonds. The van der Waals surface area contributed by atoms with Gasteiger partial charge in [-0.15, -0.1) is 0 Å². The van der Waals surface area contributed by atoms with Crippen LogP contribution in [0.25, 0.3) is 0 Å². The SMILES string of the molecule is CCCCN1CC2(CC(NC(=O)[C@@H]3CC[C@@H]4CN3C(=O)N4O)C2)C1.CCCCN1CC2(CC(NC(=O)[C@@H]3CC[C@@H]4CN3C(=O)N4OCc3ccccc3)C2)C1. The van der Waals surface area contributed by atoms with Crippen LogP contribution in [0.2, 0.25) is 0 Å². The van der Waals surface area contributed by atoms with Gasteiger partial charge in [0.2, 0.25) is 11.8 Å². The summed E-state index contributed by atoms with van der Waals surface area (Å²) in [6.45, 7) is 13.0. The number of piperidine rings is 2. The molecule has 6 heterocycles. The standard InChI is InChI=1S/C24H34N4O3.C17H28N4O3/c1-2-3-11-26-16-24(17-26)12-19(13-24)25-22(29)21-10-9-20-14-27(21)23(30)28(20)31-15-18-7-5-4-6-8-18;1-2-3-6-19-10-17(11-19)7-12(8-17)18-15(22)14-5-4-13-9-20(14)16(23)21(13)24/h4-8,19-21H,2-3,9-17H2,1H3,(H,25,29);12-14,24H,2-11H2,1H3,(H,18,22)/t20-,21+;13-,14+/m11/s1. The Bertz CT molecular complexity index is 1550. The van der Waals surface area contributed by atoms with Crippen molar-refractivity contribution in [3.63, 3.8) is 0 Å². The van der Waals surface area contributed by atoms with Gasteiger partial charge in [0.1, 0.15) is 18.7 Å². The molecule has 9 rings (SSSR count). The van der Waals surface area contributed by atoms with Crippen molar-refractivity contribution in [2.24, 2.45) is 10.8 Å². The number of hydroxylamine groups is 4. The molecule has 1 aromatic carbocycles. The van der Waals surface area contributed by atoms with Crippen LogP contribution in [0.4, 0.5) is 9.59 Å². The maximum Gasteiger partial charge on any atom is 0.345 e. The Kier molecular flexibility index (Phi) is 11.1. The molecule has 14 nitrogen and oxygen atoms in total. The molecule has 2 aliphatic carbocycles. The van der Waals surface area contributed by atoms with Gasteiger partial charge < -0.3 is 30.2 Å². The third-order valence-electron chi connectivity index (χ3n) is 13.8. The largest absolute Gasteiger partial charge is 0.352 e. The third-order valence-corrected chi connectivity index (χ3v) is 13.8. The van der Waals surface area contributed by atoms with E-state index in [1.54, 1.807) is 4.90 Å².